The van der Waals surface area contributed by atoms with Gasteiger partial charge in [0.05, 0.1) is 235 Å². The van der Waals surface area contributed by atoms with E-state index in [1.807, 2.05) is 0 Å². The summed E-state index contributed by atoms with van der Waals surface area (Å²) in [6.45, 7) is 26.3. The number of fused-ring (bicyclic) bond motifs is 1. The first kappa shape index (κ1) is 79.7. The van der Waals surface area contributed by atoms with Crippen LogP contribution in [0.5, 0.6) is 0 Å². The van der Waals surface area contributed by atoms with Crippen LogP contribution in [-0.4, -0.2) is 268 Å². The highest BCUT2D eigenvalue weighted by atomic mass is 16.6. The molecule has 1 N–H and O–H groups in total. The molecule has 2 unspecified atom stereocenters. The zero-order chi connectivity index (χ0) is 64.6. The van der Waals surface area contributed by atoms with E-state index in [-0.39, 0.29) is 121 Å². The van der Waals surface area contributed by atoms with Gasteiger partial charge in [0.25, 0.3) is 11.8 Å². The van der Waals surface area contributed by atoms with Crippen LogP contribution < -0.4 is 5.32 Å². The maximum Gasteiger partial charge on any atom is 0.308 e. The zero-order valence-corrected chi connectivity index (χ0v) is 54.2. The number of rotatable bonds is 57. The van der Waals surface area contributed by atoms with Gasteiger partial charge in [0.2, 0.25) is 5.91 Å². The summed E-state index contributed by atoms with van der Waals surface area (Å²) < 4.78 is 100. The van der Waals surface area contributed by atoms with E-state index in [0.717, 1.165) is 0 Å². The van der Waals surface area contributed by atoms with Crippen LogP contribution in [0.1, 0.15) is 115 Å². The number of amides is 3. The molecule has 88 heavy (non-hydrogen) atoms. The smallest absolute Gasteiger partial charge is 0.308 e. The third kappa shape index (κ3) is 45.0. The van der Waals surface area contributed by atoms with Crippen molar-refractivity contribution in [2.75, 3.05) is 205 Å². The lowest BCUT2D eigenvalue weighted by molar-refractivity contribution is -0.157. The molecule has 0 bridgehead atoms. The quantitative estimate of drug-likeness (QED) is 0.0403. The maximum absolute atomic E-state index is 13.3. The number of hydrogen-bond acceptors (Lipinski definition) is 24. The van der Waals surface area contributed by atoms with Crippen molar-refractivity contribution in [2.45, 2.75) is 117 Å². The van der Waals surface area contributed by atoms with Gasteiger partial charge in [-0.1, -0.05) is 12.1 Å². The lowest BCUT2D eigenvalue weighted by atomic mass is 9.97. The second kappa shape index (κ2) is 49.4. The molecule has 0 aromatic heterocycles. The zero-order valence-electron chi connectivity index (χ0n) is 54.2. The lowest BCUT2D eigenvalue weighted by Gasteiger charge is -2.28. The Morgan fingerprint density at radius 1 is 0.364 bits per heavy atom. The number of nitrogens with one attached hydrogen (secondary N) is 1. The summed E-state index contributed by atoms with van der Waals surface area (Å²) in [7, 11) is 0. The van der Waals surface area contributed by atoms with E-state index in [4.69, 9.17) is 85.3 Å². The SMILES string of the molecule is CC(C)(C)OC(=O)CCOCCC(COCCC(=O)OC(C)(C)C)C(COCCC(=O)OC(C)(C)C)NC(=O)CCOCCOCCOCCOCCOCCOCCOCCOCCOCCOCCOCCOCCN1C(=O)c2ccccc2C1=O. The van der Waals surface area contributed by atoms with Crippen molar-refractivity contribution in [3.05, 3.63) is 35.4 Å². The predicted molar refractivity (Wildman–Crippen MR) is 320 cm³/mol. The predicted octanol–water partition coefficient (Wildman–Crippen LogP) is 4.61. The molecule has 1 heterocycles. The van der Waals surface area contributed by atoms with Gasteiger partial charge in [-0.05, 0) is 80.9 Å². The molecule has 2 rings (SSSR count). The first-order valence-corrected chi connectivity index (χ1v) is 30.7. The van der Waals surface area contributed by atoms with Crippen molar-refractivity contribution in [1.82, 2.24) is 10.2 Å². The van der Waals surface area contributed by atoms with Crippen LogP contribution in [-0.2, 0) is 104 Å². The molecule has 1 aromatic rings. The van der Waals surface area contributed by atoms with Crippen molar-refractivity contribution in [1.29, 1.82) is 0 Å². The van der Waals surface area contributed by atoms with Gasteiger partial charge in [-0.25, -0.2) is 0 Å². The second-order valence-corrected chi connectivity index (χ2v) is 22.9. The summed E-state index contributed by atoms with van der Waals surface area (Å²) >= 11 is 0. The van der Waals surface area contributed by atoms with Gasteiger partial charge in [0, 0.05) is 18.9 Å². The van der Waals surface area contributed by atoms with Crippen molar-refractivity contribution in [2.24, 2.45) is 5.92 Å². The van der Waals surface area contributed by atoms with Gasteiger partial charge in [-0.3, -0.25) is 33.7 Å². The van der Waals surface area contributed by atoms with Crippen LogP contribution in [0.25, 0.3) is 0 Å². The minimum absolute atomic E-state index is 0.0173. The van der Waals surface area contributed by atoms with Crippen molar-refractivity contribution < 1.29 is 114 Å². The van der Waals surface area contributed by atoms with Crippen LogP contribution >= 0.6 is 0 Å². The van der Waals surface area contributed by atoms with Gasteiger partial charge >= 0.3 is 17.9 Å². The average molecular weight is 1260 g/mol. The van der Waals surface area contributed by atoms with Gasteiger partial charge in [-0.2, -0.15) is 0 Å². The van der Waals surface area contributed by atoms with E-state index in [1.54, 1.807) is 86.6 Å². The van der Waals surface area contributed by atoms with E-state index < -0.39 is 34.8 Å². The molecule has 508 valence electrons. The Balaban J connectivity index is 1.43. The van der Waals surface area contributed by atoms with E-state index in [9.17, 15) is 28.8 Å². The molecule has 0 aliphatic carbocycles. The average Bonchev–Trinajstić information content (AvgIpc) is 2.03. The molecule has 0 spiro atoms. The lowest BCUT2D eigenvalue weighted by Crippen LogP contribution is -2.46. The summed E-state index contributed by atoms with van der Waals surface area (Å²) in [5, 5.41) is 3.04. The Morgan fingerprint density at radius 3 is 0.966 bits per heavy atom. The molecule has 26 heteroatoms. The number of hydrogen-bond donors (Lipinski definition) is 1. The van der Waals surface area contributed by atoms with Crippen molar-refractivity contribution in [3.63, 3.8) is 0 Å². The summed E-state index contributed by atoms with van der Waals surface area (Å²) in [6.07, 6.45) is 0.589. The molecular weight excluding hydrogens is 1160 g/mol. The third-order valence-electron chi connectivity index (χ3n) is 11.7. The first-order valence-electron chi connectivity index (χ1n) is 30.7. The van der Waals surface area contributed by atoms with Crippen molar-refractivity contribution in [3.8, 4) is 0 Å². The second-order valence-electron chi connectivity index (χ2n) is 22.9. The van der Waals surface area contributed by atoms with E-state index in [0.29, 0.717) is 156 Å². The normalized spacial score (nSPS) is 13.4. The molecule has 1 aliphatic heterocycles. The number of benzene rings is 1. The Bertz CT molecular complexity index is 1980. The topological polar surface area (TPSA) is 284 Å². The van der Waals surface area contributed by atoms with E-state index in [2.05, 4.69) is 5.32 Å². The highest BCUT2D eigenvalue weighted by Crippen LogP contribution is 2.22. The van der Waals surface area contributed by atoms with Gasteiger partial charge in [0.1, 0.15) is 16.8 Å². The molecule has 2 atom stereocenters. The first-order chi connectivity index (χ1) is 42.1. The van der Waals surface area contributed by atoms with E-state index >= 15 is 0 Å². The van der Waals surface area contributed by atoms with Crippen LogP contribution in [0.3, 0.4) is 0 Å². The summed E-state index contributed by atoms with van der Waals surface area (Å²) in [5.74, 6) is -2.41. The molecule has 1 aliphatic rings. The Labute approximate surface area is 521 Å². The fourth-order valence-electron chi connectivity index (χ4n) is 7.69. The Kier molecular flexibility index (Phi) is 44.7. The number of ether oxygens (including phenoxy) is 18. The number of esters is 3. The molecular formula is C62H106N2O24. The molecule has 0 saturated heterocycles. The molecule has 3 amide bonds. The highest BCUT2D eigenvalue weighted by molar-refractivity contribution is 6.21. The van der Waals surface area contributed by atoms with Gasteiger partial charge in [-0.15, -0.1) is 0 Å². The molecule has 0 radical (unpaired) electrons. The van der Waals surface area contributed by atoms with Crippen LogP contribution in [0, 0.1) is 5.92 Å². The summed E-state index contributed by atoms with van der Waals surface area (Å²) in [4.78, 5) is 76.2. The van der Waals surface area contributed by atoms with E-state index in [1.165, 1.54) is 4.90 Å². The molecule has 0 fully saturated rings. The number of carbonyl (C=O) groups is 6. The summed E-state index contributed by atoms with van der Waals surface area (Å²) in [6, 6.07) is 6.21. The molecule has 1 aromatic carbocycles. The fraction of sp³-hybridized carbons (Fsp3) is 0.806. The monoisotopic (exact) mass is 1260 g/mol. The van der Waals surface area contributed by atoms with Crippen LogP contribution in [0.4, 0.5) is 0 Å². The molecule has 26 nitrogen and oxygen atoms in total. The standard InChI is InChI=1S/C62H106N2O24/c1-60(2,3)86-55(66)16-22-71-20-14-50(48-84-23-17-56(67)87-61(4,5)6)53(49-85-24-18-57(68)88-62(7,8)9)63-54(65)15-21-72-26-28-74-30-32-76-34-36-78-38-40-80-42-44-82-46-47-83-45-43-81-41-39-79-37-35-77-33-31-75-29-27-73-25-19-64-58(69)51-12-10-11-13-52(51)59(64)70/h10-13,50,53H,14-49H2,1-9H3,(H,63,65). The molecule has 0 saturated carbocycles. The maximum atomic E-state index is 13.3. The van der Waals surface area contributed by atoms with Gasteiger partial charge < -0.3 is 90.6 Å². The Hall–Kier alpha value is -4.36. The van der Waals surface area contributed by atoms with Crippen LogP contribution in [0.2, 0.25) is 0 Å². The third-order valence-corrected chi connectivity index (χ3v) is 11.7. The number of imide groups is 1. The van der Waals surface area contributed by atoms with Gasteiger partial charge in [0.15, 0.2) is 0 Å². The summed E-state index contributed by atoms with van der Waals surface area (Å²) in [5.41, 5.74) is -1.04. The van der Waals surface area contributed by atoms with Crippen LogP contribution in [0.15, 0.2) is 24.3 Å². The Morgan fingerprint density at radius 2 is 0.636 bits per heavy atom. The largest absolute Gasteiger partial charge is 0.460 e. The minimum atomic E-state index is -0.645. The fourth-order valence-corrected chi connectivity index (χ4v) is 7.69. The minimum Gasteiger partial charge on any atom is -0.460 e. The van der Waals surface area contributed by atoms with Crippen molar-refractivity contribution >= 4 is 35.6 Å². The highest BCUT2D eigenvalue weighted by Gasteiger charge is 2.34. The number of nitrogens with zero attached hydrogens (tertiary/aromatic N) is 1. The number of carbonyl (C=O) groups excluding carboxylic acids is 6.